The molecule has 19 heavy (non-hydrogen) atoms. The first-order chi connectivity index (χ1) is 8.95. The fourth-order valence-electron chi connectivity index (χ4n) is 1.23. The molecule has 0 radical (unpaired) electrons. The highest BCUT2D eigenvalue weighted by atomic mass is 16.5. The van der Waals surface area contributed by atoms with Gasteiger partial charge in [-0.1, -0.05) is 25.8 Å². The molecule has 4 heteroatoms. The third kappa shape index (κ3) is 11.5. The molecule has 0 aliphatic carbocycles. The Hall–Kier alpha value is -1.32. The standard InChI is InChI=1S/C15H26O4/c1-5-13(4)9-11-19-15(17)7-6-14(16)18-10-8-12(2)3/h8,13H,5-7,9-11H2,1-4H3. The number of esters is 2. The van der Waals surface area contributed by atoms with Gasteiger partial charge in [0.1, 0.15) is 6.61 Å². The number of carbonyl (C=O) groups excluding carboxylic acids is 2. The first kappa shape index (κ1) is 17.7. The summed E-state index contributed by atoms with van der Waals surface area (Å²) in [5, 5.41) is 0. The zero-order chi connectivity index (χ0) is 14.7. The van der Waals surface area contributed by atoms with Gasteiger partial charge in [-0.15, -0.1) is 0 Å². The van der Waals surface area contributed by atoms with E-state index in [0.717, 1.165) is 18.4 Å². The number of hydrogen-bond donors (Lipinski definition) is 0. The Morgan fingerprint density at radius 3 is 2.21 bits per heavy atom. The number of hydrogen-bond acceptors (Lipinski definition) is 4. The summed E-state index contributed by atoms with van der Waals surface area (Å²) >= 11 is 0. The molecule has 0 spiro atoms. The van der Waals surface area contributed by atoms with Gasteiger partial charge in [0, 0.05) is 0 Å². The maximum absolute atomic E-state index is 11.4. The van der Waals surface area contributed by atoms with Gasteiger partial charge < -0.3 is 9.47 Å². The van der Waals surface area contributed by atoms with Crippen LogP contribution in [-0.4, -0.2) is 25.2 Å². The van der Waals surface area contributed by atoms with Crippen LogP contribution in [0.3, 0.4) is 0 Å². The molecule has 0 bridgehead atoms. The van der Waals surface area contributed by atoms with Crippen molar-refractivity contribution in [2.24, 2.45) is 5.92 Å². The van der Waals surface area contributed by atoms with E-state index in [-0.39, 0.29) is 31.4 Å². The van der Waals surface area contributed by atoms with Crippen LogP contribution >= 0.6 is 0 Å². The summed E-state index contributed by atoms with van der Waals surface area (Å²) in [6.07, 6.45) is 3.94. The van der Waals surface area contributed by atoms with Crippen molar-refractivity contribution in [2.45, 2.75) is 53.4 Å². The molecule has 0 amide bonds. The third-order valence-corrected chi connectivity index (χ3v) is 2.84. The van der Waals surface area contributed by atoms with Crippen molar-refractivity contribution in [3.8, 4) is 0 Å². The van der Waals surface area contributed by atoms with Crippen LogP contribution in [0.25, 0.3) is 0 Å². The largest absolute Gasteiger partial charge is 0.466 e. The SMILES string of the molecule is CCC(C)CCOC(=O)CCC(=O)OCC=C(C)C. The minimum atomic E-state index is -0.364. The zero-order valence-corrected chi connectivity index (χ0v) is 12.5. The topological polar surface area (TPSA) is 52.6 Å². The molecule has 0 aromatic rings. The van der Waals surface area contributed by atoms with Gasteiger partial charge in [0.2, 0.25) is 0 Å². The fraction of sp³-hybridized carbons (Fsp3) is 0.733. The molecular formula is C15H26O4. The van der Waals surface area contributed by atoms with Gasteiger partial charge in [-0.3, -0.25) is 9.59 Å². The molecule has 1 atom stereocenters. The molecular weight excluding hydrogens is 244 g/mol. The summed E-state index contributed by atoms with van der Waals surface area (Å²) in [4.78, 5) is 22.7. The summed E-state index contributed by atoms with van der Waals surface area (Å²) in [5.74, 6) is -0.138. The highest BCUT2D eigenvalue weighted by molar-refractivity contribution is 5.77. The smallest absolute Gasteiger partial charge is 0.306 e. The van der Waals surface area contributed by atoms with Gasteiger partial charge >= 0.3 is 11.9 Å². The molecule has 0 aromatic carbocycles. The molecule has 1 unspecified atom stereocenters. The van der Waals surface area contributed by atoms with Gasteiger partial charge in [-0.2, -0.15) is 0 Å². The van der Waals surface area contributed by atoms with Crippen molar-refractivity contribution < 1.29 is 19.1 Å². The summed E-state index contributed by atoms with van der Waals surface area (Å²) in [7, 11) is 0. The van der Waals surface area contributed by atoms with Crippen molar-refractivity contribution >= 4 is 11.9 Å². The summed E-state index contributed by atoms with van der Waals surface area (Å²) < 4.78 is 9.99. The lowest BCUT2D eigenvalue weighted by Gasteiger charge is -2.08. The summed E-state index contributed by atoms with van der Waals surface area (Å²) in [5.41, 5.74) is 1.09. The van der Waals surface area contributed by atoms with Gasteiger partial charge in [0.25, 0.3) is 0 Å². The van der Waals surface area contributed by atoms with Gasteiger partial charge in [-0.05, 0) is 32.3 Å². The van der Waals surface area contributed by atoms with Crippen LogP contribution in [0.1, 0.15) is 53.4 Å². The summed E-state index contributed by atoms with van der Waals surface area (Å²) in [6.45, 7) is 8.79. The van der Waals surface area contributed by atoms with E-state index in [1.807, 2.05) is 19.9 Å². The number of carbonyl (C=O) groups is 2. The van der Waals surface area contributed by atoms with E-state index in [1.165, 1.54) is 0 Å². The maximum atomic E-state index is 11.4. The molecule has 0 aliphatic heterocycles. The number of ether oxygens (including phenoxy) is 2. The van der Waals surface area contributed by atoms with Crippen molar-refractivity contribution in [2.75, 3.05) is 13.2 Å². The Kier molecular flexibility index (Phi) is 9.85. The normalized spacial score (nSPS) is 11.6. The molecule has 0 aliphatic rings. The average Bonchev–Trinajstić information content (AvgIpc) is 2.35. The van der Waals surface area contributed by atoms with Gasteiger partial charge in [-0.25, -0.2) is 0 Å². The molecule has 0 saturated carbocycles. The predicted octanol–water partition coefficient (Wildman–Crippen LogP) is 3.26. The molecule has 0 N–H and O–H groups in total. The highest BCUT2D eigenvalue weighted by Crippen LogP contribution is 2.06. The van der Waals surface area contributed by atoms with Crippen LogP contribution in [0.4, 0.5) is 0 Å². The second-order valence-corrected chi connectivity index (χ2v) is 4.99. The van der Waals surface area contributed by atoms with Crippen LogP contribution < -0.4 is 0 Å². The first-order valence-corrected chi connectivity index (χ1v) is 6.90. The minimum Gasteiger partial charge on any atom is -0.466 e. The maximum Gasteiger partial charge on any atom is 0.306 e. The predicted molar refractivity (Wildman–Crippen MR) is 74.7 cm³/mol. The number of allylic oxidation sites excluding steroid dienone is 1. The Labute approximate surface area is 116 Å². The minimum absolute atomic E-state index is 0.0821. The van der Waals surface area contributed by atoms with E-state index in [2.05, 4.69) is 13.8 Å². The Balaban J connectivity index is 3.61. The van der Waals surface area contributed by atoms with Crippen LogP contribution in [0.15, 0.2) is 11.6 Å². The molecule has 4 nitrogen and oxygen atoms in total. The first-order valence-electron chi connectivity index (χ1n) is 6.90. The Morgan fingerprint density at radius 1 is 1.11 bits per heavy atom. The van der Waals surface area contributed by atoms with Crippen molar-refractivity contribution in [3.05, 3.63) is 11.6 Å². The van der Waals surface area contributed by atoms with E-state index in [4.69, 9.17) is 9.47 Å². The third-order valence-electron chi connectivity index (χ3n) is 2.84. The average molecular weight is 270 g/mol. The van der Waals surface area contributed by atoms with Gasteiger partial charge in [0.15, 0.2) is 0 Å². The van der Waals surface area contributed by atoms with Crippen molar-refractivity contribution in [3.63, 3.8) is 0 Å². The van der Waals surface area contributed by atoms with E-state index in [0.29, 0.717) is 12.5 Å². The molecule has 0 saturated heterocycles. The molecule has 0 heterocycles. The van der Waals surface area contributed by atoms with Crippen LogP contribution in [0.2, 0.25) is 0 Å². The van der Waals surface area contributed by atoms with E-state index in [1.54, 1.807) is 0 Å². The fourth-order valence-corrected chi connectivity index (χ4v) is 1.23. The monoisotopic (exact) mass is 270 g/mol. The van der Waals surface area contributed by atoms with Crippen LogP contribution in [0, 0.1) is 5.92 Å². The zero-order valence-electron chi connectivity index (χ0n) is 12.5. The van der Waals surface area contributed by atoms with Crippen LogP contribution in [-0.2, 0) is 19.1 Å². The van der Waals surface area contributed by atoms with E-state index in [9.17, 15) is 9.59 Å². The Bertz CT molecular complexity index is 303. The summed E-state index contributed by atoms with van der Waals surface area (Å²) in [6, 6.07) is 0. The molecule has 110 valence electrons. The number of rotatable bonds is 9. The second-order valence-electron chi connectivity index (χ2n) is 4.99. The lowest BCUT2D eigenvalue weighted by Crippen LogP contribution is -2.12. The Morgan fingerprint density at radius 2 is 1.68 bits per heavy atom. The van der Waals surface area contributed by atoms with Crippen molar-refractivity contribution in [1.82, 2.24) is 0 Å². The lowest BCUT2D eigenvalue weighted by molar-refractivity contribution is -0.150. The lowest BCUT2D eigenvalue weighted by atomic mass is 10.1. The molecule has 0 fully saturated rings. The quantitative estimate of drug-likeness (QED) is 0.476. The second kappa shape index (κ2) is 10.6. The van der Waals surface area contributed by atoms with E-state index >= 15 is 0 Å². The van der Waals surface area contributed by atoms with E-state index < -0.39 is 0 Å². The van der Waals surface area contributed by atoms with Crippen molar-refractivity contribution in [1.29, 1.82) is 0 Å². The van der Waals surface area contributed by atoms with Gasteiger partial charge in [0.05, 0.1) is 19.4 Å². The molecule has 0 aromatic heterocycles. The molecule has 0 rings (SSSR count). The highest BCUT2D eigenvalue weighted by Gasteiger charge is 2.09. The van der Waals surface area contributed by atoms with Crippen LogP contribution in [0.5, 0.6) is 0 Å².